The summed E-state index contributed by atoms with van der Waals surface area (Å²) in [6, 6.07) is 5.31. The third-order valence-corrected chi connectivity index (χ3v) is 1.61. The van der Waals surface area contributed by atoms with E-state index >= 15 is 0 Å². The van der Waals surface area contributed by atoms with Crippen LogP contribution in [0.5, 0.6) is 0 Å². The van der Waals surface area contributed by atoms with Gasteiger partial charge in [-0.25, -0.2) is 4.79 Å². The lowest BCUT2D eigenvalue weighted by atomic mass is 10.2. The smallest absolute Gasteiger partial charge is 0.337 e. The molecule has 57 valence electrons. The fourth-order valence-corrected chi connectivity index (χ4v) is 0.955. The fraction of sp³-hybridized carbons (Fsp3) is 0. The van der Waals surface area contributed by atoms with Crippen molar-refractivity contribution in [3.05, 3.63) is 33.8 Å². The molecule has 11 heavy (non-hydrogen) atoms. The van der Waals surface area contributed by atoms with E-state index in [2.05, 4.69) is 6.07 Å². The van der Waals surface area contributed by atoms with Crippen molar-refractivity contribution in [3.63, 3.8) is 0 Å². The Kier molecular flexibility index (Phi) is 2.37. The summed E-state index contributed by atoms with van der Waals surface area (Å²) in [5, 5.41) is 8.90. The summed E-state index contributed by atoms with van der Waals surface area (Å²) >= 11 is 11.0. The number of benzene rings is 1. The minimum Gasteiger partial charge on any atom is -0.478 e. The number of halogens is 2. The Labute approximate surface area is 73.4 Å². The maximum absolute atomic E-state index is 10.4. The Morgan fingerprint density at radius 1 is 1.45 bits per heavy atom. The molecule has 1 rings (SSSR count). The number of carboxylic acids is 1. The third kappa shape index (κ3) is 1.85. The molecule has 0 saturated heterocycles. The highest BCUT2D eigenvalue weighted by Gasteiger charge is 2.08. The van der Waals surface area contributed by atoms with Crippen LogP contribution in [0.15, 0.2) is 12.1 Å². The normalized spacial score (nSPS) is 9.64. The van der Waals surface area contributed by atoms with Crippen LogP contribution in [0.1, 0.15) is 10.4 Å². The Bertz CT molecular complexity index is 296. The van der Waals surface area contributed by atoms with Crippen molar-refractivity contribution in [2.45, 2.75) is 0 Å². The molecule has 0 spiro atoms. The van der Waals surface area contributed by atoms with Crippen LogP contribution in [0.3, 0.4) is 0 Å². The molecule has 0 aromatic heterocycles. The number of carbonyl (C=O) groups is 1. The van der Waals surface area contributed by atoms with Gasteiger partial charge in [-0.2, -0.15) is 0 Å². The van der Waals surface area contributed by atoms with Gasteiger partial charge in [0.1, 0.15) is 0 Å². The van der Waals surface area contributed by atoms with E-state index in [9.17, 15) is 4.79 Å². The first kappa shape index (κ1) is 8.37. The van der Waals surface area contributed by atoms with Crippen molar-refractivity contribution in [3.8, 4) is 0 Å². The lowest BCUT2D eigenvalue weighted by Gasteiger charge is -1.96. The monoisotopic (exact) mass is 189 g/mol. The summed E-state index contributed by atoms with van der Waals surface area (Å²) < 4.78 is 0. The topological polar surface area (TPSA) is 37.3 Å². The Morgan fingerprint density at radius 3 is 2.55 bits per heavy atom. The van der Waals surface area contributed by atoms with Gasteiger partial charge in [0.15, 0.2) is 0 Å². The molecule has 1 radical (unpaired) electrons. The predicted octanol–water partition coefficient (Wildman–Crippen LogP) is 2.49. The summed E-state index contributed by atoms with van der Waals surface area (Å²) in [7, 11) is 0. The minimum atomic E-state index is -1.13. The number of hydrogen-bond acceptors (Lipinski definition) is 1. The molecule has 0 saturated carbocycles. The fourth-order valence-electron chi connectivity index (χ4n) is 0.606. The zero-order valence-corrected chi connectivity index (χ0v) is 6.78. The zero-order chi connectivity index (χ0) is 8.43. The summed E-state index contributed by atoms with van der Waals surface area (Å²) in [6.45, 7) is 0. The van der Waals surface area contributed by atoms with Gasteiger partial charge in [0.25, 0.3) is 0 Å². The molecule has 0 unspecified atom stereocenters. The molecule has 1 aromatic rings. The molecule has 0 aliphatic heterocycles. The largest absolute Gasteiger partial charge is 0.478 e. The standard InChI is InChI=1S/C7H3Cl2O2/c8-4-1-2-6(9)5(3-4)7(10)11/h1-2H,(H,10,11). The minimum absolute atomic E-state index is 0.0980. The Morgan fingerprint density at radius 2 is 2.09 bits per heavy atom. The van der Waals surface area contributed by atoms with Gasteiger partial charge in [-0.05, 0) is 12.1 Å². The van der Waals surface area contributed by atoms with Gasteiger partial charge < -0.3 is 5.11 Å². The first-order valence-corrected chi connectivity index (χ1v) is 3.47. The van der Waals surface area contributed by atoms with Crippen molar-refractivity contribution < 1.29 is 9.90 Å². The maximum Gasteiger partial charge on any atom is 0.337 e. The molecule has 0 aliphatic carbocycles. The van der Waals surface area contributed by atoms with Crippen LogP contribution in [-0.4, -0.2) is 11.1 Å². The average molecular weight is 190 g/mol. The van der Waals surface area contributed by atoms with E-state index in [1.54, 1.807) is 0 Å². The second-order valence-corrected chi connectivity index (χ2v) is 2.65. The molecule has 0 heterocycles. The van der Waals surface area contributed by atoms with Gasteiger partial charge in [-0.15, -0.1) is 0 Å². The molecule has 0 amide bonds. The van der Waals surface area contributed by atoms with Crippen molar-refractivity contribution >= 4 is 29.2 Å². The van der Waals surface area contributed by atoms with Crippen LogP contribution in [0.2, 0.25) is 10.0 Å². The summed E-state index contributed by atoms with van der Waals surface area (Å²) in [5.74, 6) is -1.13. The predicted molar refractivity (Wildman–Crippen MR) is 42.3 cm³/mol. The third-order valence-electron chi connectivity index (χ3n) is 1.07. The first-order chi connectivity index (χ1) is 5.11. The zero-order valence-electron chi connectivity index (χ0n) is 5.27. The van der Waals surface area contributed by atoms with Crippen LogP contribution in [-0.2, 0) is 0 Å². The highest BCUT2D eigenvalue weighted by Crippen LogP contribution is 2.19. The molecule has 0 fully saturated rings. The second kappa shape index (κ2) is 3.11. The van der Waals surface area contributed by atoms with Gasteiger partial charge >= 0.3 is 5.97 Å². The first-order valence-electron chi connectivity index (χ1n) is 2.72. The van der Waals surface area contributed by atoms with E-state index in [1.807, 2.05) is 0 Å². The van der Waals surface area contributed by atoms with Crippen molar-refractivity contribution in [2.24, 2.45) is 0 Å². The van der Waals surface area contributed by atoms with E-state index < -0.39 is 5.97 Å². The lowest BCUT2D eigenvalue weighted by Crippen LogP contribution is -1.96. The molecular weight excluding hydrogens is 187 g/mol. The quantitative estimate of drug-likeness (QED) is 0.738. The number of rotatable bonds is 1. The van der Waals surface area contributed by atoms with E-state index in [-0.39, 0.29) is 15.6 Å². The second-order valence-electron chi connectivity index (χ2n) is 1.83. The highest BCUT2D eigenvalue weighted by atomic mass is 35.5. The van der Waals surface area contributed by atoms with Gasteiger partial charge in [0.2, 0.25) is 0 Å². The number of carboxylic acid groups (broad SMARTS) is 1. The van der Waals surface area contributed by atoms with E-state index in [0.717, 1.165) is 0 Å². The van der Waals surface area contributed by atoms with Gasteiger partial charge in [0.05, 0.1) is 10.6 Å². The molecule has 1 N–H and O–H groups in total. The molecule has 1 aromatic carbocycles. The summed E-state index contributed by atoms with van der Waals surface area (Å²) in [4.78, 5) is 10.4. The van der Waals surface area contributed by atoms with Crippen LogP contribution >= 0.6 is 23.2 Å². The van der Waals surface area contributed by atoms with E-state index in [4.69, 9.17) is 28.3 Å². The van der Waals surface area contributed by atoms with E-state index in [1.165, 1.54) is 12.1 Å². The van der Waals surface area contributed by atoms with Crippen molar-refractivity contribution in [1.82, 2.24) is 0 Å². The molecule has 0 atom stereocenters. The summed E-state index contributed by atoms with van der Waals surface area (Å²) in [5.41, 5.74) is -0.0980. The van der Waals surface area contributed by atoms with Crippen LogP contribution in [0, 0.1) is 6.07 Å². The number of hydrogen-bond donors (Lipinski definition) is 1. The van der Waals surface area contributed by atoms with Crippen LogP contribution in [0.25, 0.3) is 0 Å². The SMILES string of the molecule is O=C(O)c1[c]c(Cl)ccc1Cl. The number of aromatic carboxylic acids is 1. The highest BCUT2D eigenvalue weighted by molar-refractivity contribution is 6.35. The van der Waals surface area contributed by atoms with Gasteiger partial charge in [0, 0.05) is 11.1 Å². The van der Waals surface area contributed by atoms with Crippen molar-refractivity contribution in [1.29, 1.82) is 0 Å². The average Bonchev–Trinajstić information content (AvgIpc) is 1.94. The van der Waals surface area contributed by atoms with Crippen LogP contribution < -0.4 is 0 Å². The molecule has 4 heteroatoms. The molecule has 0 bridgehead atoms. The molecule has 2 nitrogen and oxygen atoms in total. The van der Waals surface area contributed by atoms with Crippen LogP contribution in [0.4, 0.5) is 0 Å². The molecule has 0 aliphatic rings. The van der Waals surface area contributed by atoms with E-state index in [0.29, 0.717) is 0 Å². The van der Waals surface area contributed by atoms with Gasteiger partial charge in [-0.1, -0.05) is 23.2 Å². The summed E-state index contributed by atoms with van der Waals surface area (Å²) in [6.07, 6.45) is 0. The van der Waals surface area contributed by atoms with Gasteiger partial charge in [-0.3, -0.25) is 0 Å². The lowest BCUT2D eigenvalue weighted by molar-refractivity contribution is 0.0696. The Hall–Kier alpha value is -0.730. The molecular formula is C7H3Cl2O2. The van der Waals surface area contributed by atoms with Crippen molar-refractivity contribution in [2.75, 3.05) is 0 Å². The Balaban J connectivity index is 3.23. The maximum atomic E-state index is 10.4.